The first-order chi connectivity index (χ1) is 9.00. The minimum atomic E-state index is -3.45. The van der Waals surface area contributed by atoms with Gasteiger partial charge in [0.15, 0.2) is 0 Å². The van der Waals surface area contributed by atoms with Crippen LogP contribution in [-0.2, 0) is 10.0 Å². The Labute approximate surface area is 112 Å². The van der Waals surface area contributed by atoms with E-state index in [2.05, 4.69) is 4.74 Å². The summed E-state index contributed by atoms with van der Waals surface area (Å²) >= 11 is 0. The summed E-state index contributed by atoms with van der Waals surface area (Å²) in [6, 6.07) is 5.67. The molecule has 0 saturated carbocycles. The molecule has 1 amide bonds. The second-order valence-corrected chi connectivity index (χ2v) is 6.30. The van der Waals surface area contributed by atoms with Crippen molar-refractivity contribution < 1.29 is 17.9 Å². The van der Waals surface area contributed by atoms with Gasteiger partial charge in [-0.25, -0.2) is 13.2 Å². The van der Waals surface area contributed by atoms with Gasteiger partial charge in [0.1, 0.15) is 5.75 Å². The lowest BCUT2D eigenvalue weighted by Crippen LogP contribution is -2.35. The molecule has 1 saturated heterocycles. The van der Waals surface area contributed by atoms with E-state index >= 15 is 0 Å². The molecule has 2 rings (SSSR count). The molecule has 1 aliphatic heterocycles. The minimum absolute atomic E-state index is 0.200. The standard InChI is InChI=1S/C12H16N2O4S/c13-12(15)18-10-4-6-11(7-5-10)19(16,17)14-8-2-1-3-9-14/h4-7H,1-3,8-9H2,(H2,13,15). The third-order valence-corrected chi connectivity index (χ3v) is 4.91. The number of hydrogen-bond donors (Lipinski definition) is 1. The molecule has 1 aromatic rings. The van der Waals surface area contributed by atoms with Crippen molar-refractivity contribution in [1.82, 2.24) is 4.31 Å². The maximum Gasteiger partial charge on any atom is 0.409 e. The van der Waals surface area contributed by atoms with Crippen molar-refractivity contribution >= 4 is 16.1 Å². The number of nitrogens with two attached hydrogens (primary N) is 1. The van der Waals surface area contributed by atoms with Crippen LogP contribution in [-0.4, -0.2) is 31.9 Å². The number of carbonyl (C=O) groups excluding carboxylic acids is 1. The fraction of sp³-hybridized carbons (Fsp3) is 0.417. The molecule has 7 heteroatoms. The van der Waals surface area contributed by atoms with Crippen molar-refractivity contribution in [1.29, 1.82) is 0 Å². The van der Waals surface area contributed by atoms with Crippen LogP contribution in [0.15, 0.2) is 29.2 Å². The number of rotatable bonds is 3. The van der Waals surface area contributed by atoms with E-state index in [1.165, 1.54) is 28.6 Å². The molecule has 1 aliphatic rings. The largest absolute Gasteiger partial charge is 0.411 e. The molecular formula is C12H16N2O4S. The Morgan fingerprint density at radius 1 is 1.11 bits per heavy atom. The Morgan fingerprint density at radius 2 is 1.68 bits per heavy atom. The highest BCUT2D eigenvalue weighted by atomic mass is 32.2. The van der Waals surface area contributed by atoms with Crippen molar-refractivity contribution in [2.24, 2.45) is 5.73 Å². The van der Waals surface area contributed by atoms with E-state index in [0.29, 0.717) is 13.1 Å². The van der Waals surface area contributed by atoms with Crippen LogP contribution >= 0.6 is 0 Å². The molecule has 0 aromatic heterocycles. The van der Waals surface area contributed by atoms with Crippen LogP contribution in [0.4, 0.5) is 4.79 Å². The zero-order valence-electron chi connectivity index (χ0n) is 10.4. The van der Waals surface area contributed by atoms with Crippen LogP contribution in [0.25, 0.3) is 0 Å². The first-order valence-electron chi connectivity index (χ1n) is 6.07. The predicted octanol–water partition coefficient (Wildman–Crippen LogP) is 1.32. The fourth-order valence-corrected chi connectivity index (χ4v) is 3.57. The number of nitrogens with zero attached hydrogens (tertiary/aromatic N) is 1. The normalized spacial score (nSPS) is 17.1. The van der Waals surface area contributed by atoms with Crippen molar-refractivity contribution in [2.75, 3.05) is 13.1 Å². The predicted molar refractivity (Wildman–Crippen MR) is 69.3 cm³/mol. The van der Waals surface area contributed by atoms with E-state index in [1.807, 2.05) is 0 Å². The third-order valence-electron chi connectivity index (χ3n) is 2.99. The van der Waals surface area contributed by atoms with E-state index in [9.17, 15) is 13.2 Å². The Kier molecular flexibility index (Phi) is 4.06. The smallest absolute Gasteiger partial charge is 0.409 e. The van der Waals surface area contributed by atoms with Gasteiger partial charge in [0.25, 0.3) is 0 Å². The number of ether oxygens (including phenoxy) is 1. The van der Waals surface area contributed by atoms with Crippen LogP contribution in [0.2, 0.25) is 0 Å². The van der Waals surface area contributed by atoms with Crippen LogP contribution in [0.1, 0.15) is 19.3 Å². The lowest BCUT2D eigenvalue weighted by atomic mass is 10.2. The Bertz CT molecular complexity index is 548. The van der Waals surface area contributed by atoms with Gasteiger partial charge in [-0.3, -0.25) is 0 Å². The molecule has 19 heavy (non-hydrogen) atoms. The Balaban J connectivity index is 2.18. The summed E-state index contributed by atoms with van der Waals surface area (Å²) in [5.74, 6) is 0.227. The number of primary amides is 1. The topological polar surface area (TPSA) is 89.7 Å². The molecule has 104 valence electrons. The molecule has 0 unspecified atom stereocenters. The maximum atomic E-state index is 12.3. The summed E-state index contributed by atoms with van der Waals surface area (Å²) in [5.41, 5.74) is 4.88. The monoisotopic (exact) mass is 284 g/mol. The number of sulfonamides is 1. The summed E-state index contributed by atoms with van der Waals surface area (Å²) in [5, 5.41) is 0. The van der Waals surface area contributed by atoms with Crippen LogP contribution in [0.5, 0.6) is 5.75 Å². The first-order valence-corrected chi connectivity index (χ1v) is 7.51. The first kappa shape index (κ1) is 13.8. The van der Waals surface area contributed by atoms with Crippen molar-refractivity contribution in [3.8, 4) is 5.75 Å². The molecule has 1 aromatic carbocycles. The average Bonchev–Trinajstić information content (AvgIpc) is 2.40. The van der Waals surface area contributed by atoms with Gasteiger partial charge < -0.3 is 10.5 Å². The van der Waals surface area contributed by atoms with E-state index in [4.69, 9.17) is 5.73 Å². The second-order valence-electron chi connectivity index (χ2n) is 4.36. The van der Waals surface area contributed by atoms with Gasteiger partial charge >= 0.3 is 6.09 Å². The van der Waals surface area contributed by atoms with Gasteiger partial charge in [0.2, 0.25) is 10.0 Å². The van der Waals surface area contributed by atoms with Crippen LogP contribution < -0.4 is 10.5 Å². The van der Waals surface area contributed by atoms with E-state index in [1.54, 1.807) is 0 Å². The third kappa shape index (κ3) is 3.24. The minimum Gasteiger partial charge on any atom is -0.411 e. The highest BCUT2D eigenvalue weighted by Gasteiger charge is 2.25. The quantitative estimate of drug-likeness (QED) is 0.906. The summed E-state index contributed by atoms with van der Waals surface area (Å²) in [7, 11) is -3.45. The molecule has 0 spiro atoms. The lowest BCUT2D eigenvalue weighted by molar-refractivity contribution is 0.211. The van der Waals surface area contributed by atoms with Gasteiger partial charge in [0.05, 0.1) is 4.90 Å². The Hall–Kier alpha value is -1.60. The van der Waals surface area contributed by atoms with E-state index in [0.717, 1.165) is 19.3 Å². The summed E-state index contributed by atoms with van der Waals surface area (Å²) in [6.07, 6.45) is 1.92. The Morgan fingerprint density at radius 3 is 2.21 bits per heavy atom. The highest BCUT2D eigenvalue weighted by molar-refractivity contribution is 7.89. The number of hydrogen-bond acceptors (Lipinski definition) is 4. The van der Waals surface area contributed by atoms with Crippen molar-refractivity contribution in [2.45, 2.75) is 24.2 Å². The van der Waals surface area contributed by atoms with Crippen LogP contribution in [0, 0.1) is 0 Å². The molecular weight excluding hydrogens is 268 g/mol. The molecule has 1 fully saturated rings. The second kappa shape index (κ2) is 5.58. The van der Waals surface area contributed by atoms with Gasteiger partial charge in [-0.2, -0.15) is 4.31 Å². The SMILES string of the molecule is NC(=O)Oc1ccc(S(=O)(=O)N2CCCCC2)cc1. The molecule has 0 aliphatic carbocycles. The van der Waals surface area contributed by atoms with Gasteiger partial charge in [-0.05, 0) is 37.1 Å². The maximum absolute atomic E-state index is 12.3. The zero-order chi connectivity index (χ0) is 13.9. The number of amides is 1. The van der Waals surface area contributed by atoms with Gasteiger partial charge in [-0.15, -0.1) is 0 Å². The lowest BCUT2D eigenvalue weighted by Gasteiger charge is -2.25. The molecule has 1 heterocycles. The van der Waals surface area contributed by atoms with E-state index in [-0.39, 0.29) is 10.6 Å². The summed E-state index contributed by atoms with van der Waals surface area (Å²) in [4.78, 5) is 10.8. The number of benzene rings is 1. The zero-order valence-corrected chi connectivity index (χ0v) is 11.2. The van der Waals surface area contributed by atoms with Crippen LogP contribution in [0.3, 0.4) is 0 Å². The number of carbonyl (C=O) groups is 1. The molecule has 6 nitrogen and oxygen atoms in total. The van der Waals surface area contributed by atoms with Gasteiger partial charge in [0, 0.05) is 13.1 Å². The molecule has 0 atom stereocenters. The average molecular weight is 284 g/mol. The highest BCUT2D eigenvalue weighted by Crippen LogP contribution is 2.22. The molecule has 0 radical (unpaired) electrons. The number of piperidine rings is 1. The van der Waals surface area contributed by atoms with E-state index < -0.39 is 16.1 Å². The van der Waals surface area contributed by atoms with Crippen molar-refractivity contribution in [3.63, 3.8) is 0 Å². The molecule has 2 N–H and O–H groups in total. The molecule has 0 bridgehead atoms. The summed E-state index contributed by atoms with van der Waals surface area (Å²) in [6.45, 7) is 1.11. The van der Waals surface area contributed by atoms with Gasteiger partial charge in [-0.1, -0.05) is 6.42 Å². The van der Waals surface area contributed by atoms with Crippen molar-refractivity contribution in [3.05, 3.63) is 24.3 Å². The fourth-order valence-electron chi connectivity index (χ4n) is 2.05. The summed E-state index contributed by atoms with van der Waals surface area (Å²) < 4.78 is 30.8.